The van der Waals surface area contributed by atoms with Gasteiger partial charge in [0.05, 0.1) is 0 Å². The lowest BCUT2D eigenvalue weighted by molar-refractivity contribution is -0.122. The van der Waals surface area contributed by atoms with Crippen LogP contribution in [0, 0.1) is 5.82 Å². The third kappa shape index (κ3) is 2.86. The van der Waals surface area contributed by atoms with Crippen LogP contribution in [-0.2, 0) is 16.0 Å². The molecule has 1 atom stereocenters. The number of halogens is 1. The molecule has 26 heavy (non-hydrogen) atoms. The zero-order chi connectivity index (χ0) is 18.3. The van der Waals surface area contributed by atoms with E-state index in [-0.39, 0.29) is 29.3 Å². The summed E-state index contributed by atoms with van der Waals surface area (Å²) in [5.74, 6) is -1.25. The van der Waals surface area contributed by atoms with E-state index < -0.39 is 5.97 Å². The van der Waals surface area contributed by atoms with Crippen LogP contribution in [-0.4, -0.2) is 24.5 Å². The summed E-state index contributed by atoms with van der Waals surface area (Å²) in [5, 5.41) is 0.387. The molecule has 2 heterocycles. The van der Waals surface area contributed by atoms with Crippen molar-refractivity contribution in [2.24, 2.45) is 0 Å². The van der Waals surface area contributed by atoms with Crippen LogP contribution in [0.15, 0.2) is 48.5 Å². The average molecular weight is 369 g/mol. The molecular formula is C20H16FNO3S. The number of para-hydroxylation sites is 1. The van der Waals surface area contributed by atoms with Gasteiger partial charge in [-0.1, -0.05) is 24.3 Å². The molecule has 1 aliphatic heterocycles. The molecular weight excluding hydrogens is 353 g/mol. The first-order valence-electron chi connectivity index (χ1n) is 8.30. The molecule has 4 rings (SSSR count). The third-order valence-electron chi connectivity index (χ3n) is 4.51. The molecule has 1 amide bonds. The van der Waals surface area contributed by atoms with Gasteiger partial charge in [0.1, 0.15) is 10.7 Å². The van der Waals surface area contributed by atoms with Gasteiger partial charge in [-0.2, -0.15) is 0 Å². The van der Waals surface area contributed by atoms with E-state index in [0.29, 0.717) is 10.1 Å². The Bertz CT molecular complexity index is 1010. The van der Waals surface area contributed by atoms with Gasteiger partial charge in [0.15, 0.2) is 6.61 Å². The Labute approximate surface area is 153 Å². The highest BCUT2D eigenvalue weighted by Crippen LogP contribution is 2.32. The minimum Gasteiger partial charge on any atom is -0.451 e. The molecule has 0 aliphatic carbocycles. The first kappa shape index (κ1) is 16.7. The summed E-state index contributed by atoms with van der Waals surface area (Å²) in [6.07, 6.45) is 0.783. The summed E-state index contributed by atoms with van der Waals surface area (Å²) in [7, 11) is 0. The van der Waals surface area contributed by atoms with Gasteiger partial charge in [0, 0.05) is 21.8 Å². The van der Waals surface area contributed by atoms with Crippen molar-refractivity contribution in [2.75, 3.05) is 11.5 Å². The number of hydrogen-bond acceptors (Lipinski definition) is 4. The Hall–Kier alpha value is -2.73. The predicted octanol–water partition coefficient (Wildman–Crippen LogP) is 4.18. The van der Waals surface area contributed by atoms with Gasteiger partial charge in [-0.15, -0.1) is 11.3 Å². The summed E-state index contributed by atoms with van der Waals surface area (Å²) < 4.78 is 19.6. The lowest BCUT2D eigenvalue weighted by Crippen LogP contribution is -2.38. The highest BCUT2D eigenvalue weighted by Gasteiger charge is 2.31. The average Bonchev–Trinajstić information content (AvgIpc) is 3.20. The van der Waals surface area contributed by atoms with Crippen LogP contribution in [0.5, 0.6) is 0 Å². The molecule has 0 unspecified atom stereocenters. The van der Waals surface area contributed by atoms with Crippen LogP contribution >= 0.6 is 11.3 Å². The van der Waals surface area contributed by atoms with Gasteiger partial charge in [0.2, 0.25) is 0 Å². The monoisotopic (exact) mass is 369 g/mol. The number of hydrogen-bond donors (Lipinski definition) is 0. The number of esters is 1. The number of rotatable bonds is 3. The molecule has 0 fully saturated rings. The summed E-state index contributed by atoms with van der Waals surface area (Å²) in [6, 6.07) is 13.9. The Morgan fingerprint density at radius 2 is 2.04 bits per heavy atom. The van der Waals surface area contributed by atoms with E-state index in [4.69, 9.17) is 4.74 Å². The maximum absolute atomic E-state index is 13.8. The van der Waals surface area contributed by atoms with Crippen molar-refractivity contribution >= 4 is 39.0 Å². The van der Waals surface area contributed by atoms with Crippen LogP contribution in [0.2, 0.25) is 0 Å². The van der Waals surface area contributed by atoms with E-state index in [1.807, 2.05) is 31.2 Å². The number of carbonyl (C=O) groups excluding carboxylic acids is 2. The Kier molecular flexibility index (Phi) is 4.20. The zero-order valence-corrected chi connectivity index (χ0v) is 14.9. The second kappa shape index (κ2) is 6.53. The standard InChI is InChI=1S/C20H16FNO3S/c1-12-9-13-5-2-3-7-16(13)22(12)19(23)11-25-20(24)18-10-14-15(21)6-4-8-17(14)26-18/h2-8,10,12H,9,11H2,1H3/t12-/m1/s1. The number of nitrogens with zero attached hydrogens (tertiary/aromatic N) is 1. The van der Waals surface area contributed by atoms with Crippen molar-refractivity contribution in [2.45, 2.75) is 19.4 Å². The van der Waals surface area contributed by atoms with Crippen LogP contribution in [0.25, 0.3) is 10.1 Å². The molecule has 1 aliphatic rings. The molecule has 0 radical (unpaired) electrons. The fraction of sp³-hybridized carbons (Fsp3) is 0.200. The quantitative estimate of drug-likeness (QED) is 0.651. The molecule has 0 bridgehead atoms. The van der Waals surface area contributed by atoms with E-state index >= 15 is 0 Å². The number of fused-ring (bicyclic) bond motifs is 2. The molecule has 0 saturated carbocycles. The fourth-order valence-electron chi connectivity index (χ4n) is 3.34. The van der Waals surface area contributed by atoms with E-state index in [1.54, 1.807) is 17.0 Å². The summed E-state index contributed by atoms with van der Waals surface area (Å²) in [6.45, 7) is 1.63. The van der Waals surface area contributed by atoms with Gasteiger partial charge < -0.3 is 9.64 Å². The maximum Gasteiger partial charge on any atom is 0.348 e. The number of ether oxygens (including phenoxy) is 1. The largest absolute Gasteiger partial charge is 0.451 e. The van der Waals surface area contributed by atoms with E-state index in [0.717, 1.165) is 29.0 Å². The molecule has 1 aromatic heterocycles. The number of carbonyl (C=O) groups is 2. The molecule has 0 spiro atoms. The lowest BCUT2D eigenvalue weighted by Gasteiger charge is -2.22. The maximum atomic E-state index is 13.8. The molecule has 4 nitrogen and oxygen atoms in total. The first-order chi connectivity index (χ1) is 12.5. The van der Waals surface area contributed by atoms with Crippen LogP contribution in [0.1, 0.15) is 22.2 Å². The smallest absolute Gasteiger partial charge is 0.348 e. The van der Waals surface area contributed by atoms with E-state index in [1.165, 1.54) is 12.1 Å². The van der Waals surface area contributed by atoms with Crippen molar-refractivity contribution in [1.82, 2.24) is 0 Å². The van der Waals surface area contributed by atoms with E-state index in [2.05, 4.69) is 0 Å². The zero-order valence-electron chi connectivity index (χ0n) is 14.1. The van der Waals surface area contributed by atoms with Gasteiger partial charge in [-0.3, -0.25) is 4.79 Å². The van der Waals surface area contributed by atoms with Crippen molar-refractivity contribution in [3.05, 3.63) is 64.8 Å². The SMILES string of the molecule is C[C@@H]1Cc2ccccc2N1C(=O)COC(=O)c1cc2c(F)cccc2s1. The number of anilines is 1. The lowest BCUT2D eigenvalue weighted by atomic mass is 10.1. The second-order valence-corrected chi connectivity index (χ2v) is 7.37. The number of amides is 1. The van der Waals surface area contributed by atoms with Crippen LogP contribution in [0.4, 0.5) is 10.1 Å². The van der Waals surface area contributed by atoms with Gasteiger partial charge in [-0.25, -0.2) is 9.18 Å². The normalized spacial score (nSPS) is 15.9. The topological polar surface area (TPSA) is 46.6 Å². The molecule has 2 aromatic carbocycles. The Morgan fingerprint density at radius 1 is 1.23 bits per heavy atom. The van der Waals surface area contributed by atoms with Crippen molar-refractivity contribution in [1.29, 1.82) is 0 Å². The highest BCUT2D eigenvalue weighted by atomic mass is 32.1. The number of benzene rings is 2. The molecule has 0 N–H and O–H groups in total. The second-order valence-electron chi connectivity index (χ2n) is 6.28. The molecule has 6 heteroatoms. The predicted molar refractivity (Wildman–Crippen MR) is 99.2 cm³/mol. The molecule has 132 valence electrons. The summed E-state index contributed by atoms with van der Waals surface area (Å²) in [4.78, 5) is 26.8. The Balaban J connectivity index is 1.47. The minimum absolute atomic E-state index is 0.0250. The number of thiophene rings is 1. The van der Waals surface area contributed by atoms with Gasteiger partial charge >= 0.3 is 5.97 Å². The third-order valence-corrected chi connectivity index (χ3v) is 5.59. The van der Waals surface area contributed by atoms with E-state index in [9.17, 15) is 14.0 Å². The minimum atomic E-state index is -0.612. The fourth-order valence-corrected chi connectivity index (χ4v) is 4.31. The Morgan fingerprint density at radius 3 is 2.85 bits per heavy atom. The first-order valence-corrected chi connectivity index (χ1v) is 9.11. The van der Waals surface area contributed by atoms with Crippen molar-refractivity contribution < 1.29 is 18.7 Å². The van der Waals surface area contributed by atoms with Gasteiger partial charge in [0.25, 0.3) is 5.91 Å². The summed E-state index contributed by atoms with van der Waals surface area (Å²) in [5.41, 5.74) is 1.98. The molecule has 0 saturated heterocycles. The van der Waals surface area contributed by atoms with Gasteiger partial charge in [-0.05, 0) is 43.2 Å². The molecule has 3 aromatic rings. The highest BCUT2D eigenvalue weighted by molar-refractivity contribution is 7.20. The van der Waals surface area contributed by atoms with Crippen LogP contribution in [0.3, 0.4) is 0 Å². The van der Waals surface area contributed by atoms with Crippen molar-refractivity contribution in [3.8, 4) is 0 Å². The van der Waals surface area contributed by atoms with Crippen LogP contribution < -0.4 is 4.90 Å². The van der Waals surface area contributed by atoms with Crippen molar-refractivity contribution in [3.63, 3.8) is 0 Å². The summed E-state index contributed by atoms with van der Waals surface area (Å²) >= 11 is 1.15.